The van der Waals surface area contributed by atoms with Crippen molar-refractivity contribution in [2.45, 2.75) is 37.9 Å². The van der Waals surface area contributed by atoms with Gasteiger partial charge in [-0.1, -0.05) is 6.07 Å². The Kier molecular flexibility index (Phi) is 5.59. The normalized spacial score (nSPS) is 18.4. The van der Waals surface area contributed by atoms with E-state index in [0.29, 0.717) is 30.8 Å². The molecule has 0 radical (unpaired) electrons. The maximum Gasteiger partial charge on any atom is 0.433 e. The van der Waals surface area contributed by atoms with Crippen LogP contribution < -0.4 is 0 Å². The van der Waals surface area contributed by atoms with Crippen LogP contribution in [0.25, 0.3) is 10.6 Å². The van der Waals surface area contributed by atoms with E-state index in [1.165, 1.54) is 11.3 Å². The molecule has 4 rings (SSSR count). The van der Waals surface area contributed by atoms with Crippen LogP contribution in [0.2, 0.25) is 0 Å². The lowest BCUT2D eigenvalue weighted by atomic mass is 9.96. The smallest absolute Gasteiger partial charge is 0.340 e. The number of rotatable bonds is 4. The molecule has 6 nitrogen and oxygen atoms in total. The van der Waals surface area contributed by atoms with E-state index in [2.05, 4.69) is 15.0 Å². The van der Waals surface area contributed by atoms with Crippen molar-refractivity contribution in [1.29, 1.82) is 0 Å². The topological polar surface area (TPSA) is 63.9 Å². The summed E-state index contributed by atoms with van der Waals surface area (Å²) in [6.45, 7) is 2.64. The van der Waals surface area contributed by atoms with E-state index in [9.17, 15) is 18.0 Å². The summed E-state index contributed by atoms with van der Waals surface area (Å²) >= 11 is 1.33. The van der Waals surface area contributed by atoms with E-state index in [0.717, 1.165) is 6.07 Å². The molecule has 1 saturated heterocycles. The average molecular weight is 435 g/mol. The fraction of sp³-hybridized carbons (Fsp3) is 0.400. The van der Waals surface area contributed by atoms with Crippen molar-refractivity contribution in [3.8, 4) is 10.6 Å². The summed E-state index contributed by atoms with van der Waals surface area (Å²) in [4.78, 5) is 27.5. The Morgan fingerprint density at radius 3 is 2.83 bits per heavy atom. The van der Waals surface area contributed by atoms with Gasteiger partial charge in [-0.3, -0.25) is 4.79 Å². The van der Waals surface area contributed by atoms with Crippen LogP contribution in [0.15, 0.2) is 42.3 Å². The number of imidazole rings is 1. The first kappa shape index (κ1) is 20.5. The number of nitrogens with zero attached hydrogens (tertiary/aromatic N) is 5. The summed E-state index contributed by atoms with van der Waals surface area (Å²) in [6.07, 6.45) is 1.64. The van der Waals surface area contributed by atoms with Gasteiger partial charge in [-0.15, -0.1) is 11.3 Å². The Morgan fingerprint density at radius 1 is 1.33 bits per heavy atom. The van der Waals surface area contributed by atoms with Crippen LogP contribution in [0.4, 0.5) is 13.2 Å². The van der Waals surface area contributed by atoms with E-state index in [4.69, 9.17) is 0 Å². The summed E-state index contributed by atoms with van der Waals surface area (Å²) in [6, 6.07) is 4.06. The van der Waals surface area contributed by atoms with Gasteiger partial charge < -0.3 is 9.47 Å². The van der Waals surface area contributed by atoms with Gasteiger partial charge in [0.2, 0.25) is 5.91 Å². The van der Waals surface area contributed by atoms with E-state index in [1.54, 1.807) is 52.6 Å². The number of thiophene rings is 1. The van der Waals surface area contributed by atoms with E-state index < -0.39 is 17.9 Å². The highest BCUT2D eigenvalue weighted by Gasteiger charge is 2.36. The molecular formula is C20H20F3N5OS. The third kappa shape index (κ3) is 4.23. The number of carbonyl (C=O) groups excluding carboxylic acids is 1. The van der Waals surface area contributed by atoms with Crippen LogP contribution >= 0.6 is 11.3 Å². The molecule has 0 saturated carbocycles. The van der Waals surface area contributed by atoms with Gasteiger partial charge in [0.25, 0.3) is 0 Å². The maximum absolute atomic E-state index is 13.5. The van der Waals surface area contributed by atoms with E-state index in [-0.39, 0.29) is 23.3 Å². The van der Waals surface area contributed by atoms with Gasteiger partial charge in [-0.25, -0.2) is 15.0 Å². The van der Waals surface area contributed by atoms with Crippen molar-refractivity contribution in [3.63, 3.8) is 0 Å². The molecule has 0 aromatic carbocycles. The highest BCUT2D eigenvalue weighted by Crippen LogP contribution is 2.34. The number of aromatic nitrogens is 4. The minimum atomic E-state index is -4.57. The Hall–Kier alpha value is -2.75. The molecule has 0 spiro atoms. The summed E-state index contributed by atoms with van der Waals surface area (Å²) in [5, 5.41) is 1.79. The summed E-state index contributed by atoms with van der Waals surface area (Å²) < 4.78 is 42.1. The highest BCUT2D eigenvalue weighted by atomic mass is 32.1. The Morgan fingerprint density at radius 2 is 2.17 bits per heavy atom. The lowest BCUT2D eigenvalue weighted by Gasteiger charge is -2.34. The molecule has 1 amide bonds. The number of hydrogen-bond acceptors (Lipinski definition) is 5. The molecule has 0 N–H and O–H groups in total. The second kappa shape index (κ2) is 8.17. The Balaban J connectivity index is 1.61. The Labute approximate surface area is 175 Å². The monoisotopic (exact) mass is 435 g/mol. The summed E-state index contributed by atoms with van der Waals surface area (Å²) in [5.74, 6) is -0.303. The number of likely N-dealkylation sites (tertiary alicyclic amines) is 1. The molecule has 1 aliphatic rings. The molecule has 30 heavy (non-hydrogen) atoms. The molecule has 1 fully saturated rings. The number of piperidine rings is 1. The number of amides is 1. The zero-order chi connectivity index (χ0) is 21.3. The molecule has 4 heterocycles. The van der Waals surface area contributed by atoms with E-state index in [1.807, 2.05) is 0 Å². The van der Waals surface area contributed by atoms with Crippen LogP contribution in [0, 0.1) is 0 Å². The fourth-order valence-corrected chi connectivity index (χ4v) is 4.31. The molecule has 0 aliphatic carbocycles. The molecule has 2 atom stereocenters. The first-order chi connectivity index (χ1) is 14.3. The molecule has 0 unspecified atom stereocenters. The number of carbonyl (C=O) groups is 1. The van der Waals surface area contributed by atoms with Crippen LogP contribution in [0.3, 0.4) is 0 Å². The van der Waals surface area contributed by atoms with Gasteiger partial charge in [0.1, 0.15) is 17.6 Å². The molecule has 3 aromatic rings. The molecular weight excluding hydrogens is 415 g/mol. The predicted molar refractivity (Wildman–Crippen MR) is 106 cm³/mol. The minimum Gasteiger partial charge on any atom is -0.340 e. The van der Waals surface area contributed by atoms with Gasteiger partial charge >= 0.3 is 6.18 Å². The van der Waals surface area contributed by atoms with Crippen molar-refractivity contribution < 1.29 is 18.0 Å². The fourth-order valence-electron chi connectivity index (χ4n) is 3.62. The SMILES string of the molecule is C[C@@H](C(=O)N1CCC[C@H](c2nc(-c3cccs3)cc(C(F)(F)F)n2)C1)n1ccnc1. The first-order valence-corrected chi connectivity index (χ1v) is 10.5. The van der Waals surface area contributed by atoms with Gasteiger partial charge in [-0.2, -0.15) is 13.2 Å². The average Bonchev–Trinajstić information content (AvgIpc) is 3.46. The van der Waals surface area contributed by atoms with Gasteiger partial charge in [-0.05, 0) is 37.3 Å². The van der Waals surface area contributed by atoms with Crippen LogP contribution in [0.5, 0.6) is 0 Å². The number of alkyl halides is 3. The number of hydrogen-bond donors (Lipinski definition) is 0. The van der Waals surface area contributed by atoms with Gasteiger partial charge in [0.15, 0.2) is 0 Å². The van der Waals surface area contributed by atoms with E-state index >= 15 is 0 Å². The molecule has 10 heteroatoms. The van der Waals surface area contributed by atoms with Crippen LogP contribution in [0.1, 0.15) is 43.2 Å². The quantitative estimate of drug-likeness (QED) is 0.610. The second-order valence-corrected chi connectivity index (χ2v) is 8.23. The zero-order valence-corrected chi connectivity index (χ0v) is 17.0. The third-order valence-corrected chi connectivity index (χ3v) is 6.13. The second-order valence-electron chi connectivity index (χ2n) is 7.28. The predicted octanol–water partition coefficient (Wildman–Crippen LogP) is 4.39. The maximum atomic E-state index is 13.5. The summed E-state index contributed by atoms with van der Waals surface area (Å²) in [5.41, 5.74) is -0.691. The van der Waals surface area contributed by atoms with Gasteiger partial charge in [0, 0.05) is 31.4 Å². The molecule has 0 bridgehead atoms. The van der Waals surface area contributed by atoms with Crippen molar-refractivity contribution in [1.82, 2.24) is 24.4 Å². The first-order valence-electron chi connectivity index (χ1n) is 9.59. The minimum absolute atomic E-state index is 0.0943. The largest absolute Gasteiger partial charge is 0.433 e. The van der Waals surface area contributed by atoms with Crippen molar-refractivity contribution >= 4 is 17.2 Å². The molecule has 1 aliphatic heterocycles. The van der Waals surface area contributed by atoms with Crippen molar-refractivity contribution in [2.24, 2.45) is 0 Å². The van der Waals surface area contributed by atoms with Crippen LogP contribution in [-0.2, 0) is 11.0 Å². The van der Waals surface area contributed by atoms with Crippen molar-refractivity contribution in [3.05, 3.63) is 53.8 Å². The van der Waals surface area contributed by atoms with Crippen LogP contribution in [-0.4, -0.2) is 43.4 Å². The molecule has 3 aromatic heterocycles. The Bertz CT molecular complexity index is 1000. The lowest BCUT2D eigenvalue weighted by Crippen LogP contribution is -2.42. The molecule has 158 valence electrons. The lowest BCUT2D eigenvalue weighted by molar-refractivity contribution is -0.141. The van der Waals surface area contributed by atoms with Gasteiger partial charge in [0.05, 0.1) is 16.9 Å². The third-order valence-electron chi connectivity index (χ3n) is 5.24. The van der Waals surface area contributed by atoms with Crippen molar-refractivity contribution in [2.75, 3.05) is 13.1 Å². The zero-order valence-electron chi connectivity index (χ0n) is 16.2. The standard InChI is InChI=1S/C20H20F3N5OS/c1-13(28-8-6-24-12-28)19(29)27-7-2-4-14(11-27)18-25-15(16-5-3-9-30-16)10-17(26-18)20(21,22)23/h3,5-6,8-10,12-14H,2,4,7,11H2,1H3/t13-,14-/m0/s1. The number of halogens is 3. The highest BCUT2D eigenvalue weighted by molar-refractivity contribution is 7.13. The summed E-state index contributed by atoms with van der Waals surface area (Å²) in [7, 11) is 0.